The van der Waals surface area contributed by atoms with E-state index in [-0.39, 0.29) is 90.3 Å². The van der Waals surface area contributed by atoms with Gasteiger partial charge in [0.2, 0.25) is 5.84 Å². The van der Waals surface area contributed by atoms with Crippen LogP contribution in [0, 0.1) is 0 Å². The number of nitrogens with zero attached hydrogens (tertiary/aromatic N) is 2. The smallest absolute Gasteiger partial charge is 0.309 e. The van der Waals surface area contributed by atoms with Gasteiger partial charge in [-0.1, -0.05) is 6.08 Å². The van der Waals surface area contributed by atoms with Gasteiger partial charge in [0, 0.05) is 66.0 Å². The minimum Gasteiger partial charge on any atom is -0.870 e. The fourth-order valence-corrected chi connectivity index (χ4v) is 2.57. The van der Waals surface area contributed by atoms with Crippen LogP contribution in [0.15, 0.2) is 17.6 Å². The van der Waals surface area contributed by atoms with Gasteiger partial charge in [0.05, 0.1) is 39.0 Å². The molecule has 3 N–H and O–H groups in total. The molecule has 10 heteroatoms. The molecule has 2 atom stereocenters. The van der Waals surface area contributed by atoms with Crippen molar-refractivity contribution in [3.63, 3.8) is 0 Å². The fourth-order valence-electron chi connectivity index (χ4n) is 2.57. The van der Waals surface area contributed by atoms with E-state index in [9.17, 15) is 9.59 Å². The van der Waals surface area contributed by atoms with Crippen molar-refractivity contribution in [1.29, 1.82) is 0 Å². The first-order valence-electron chi connectivity index (χ1n) is 6.99. The van der Waals surface area contributed by atoms with Gasteiger partial charge in [-0.15, -0.1) is 6.58 Å². The molecule has 24 heavy (non-hydrogen) atoms. The monoisotopic (exact) mass is 362 g/mol. The Bertz CT molecular complexity index is 447. The van der Waals surface area contributed by atoms with Gasteiger partial charge < -0.3 is 20.4 Å². The Labute approximate surface area is 186 Å². The number of carboxylic acid groups (broad SMARTS) is 2. The van der Waals surface area contributed by atoms with Gasteiger partial charge in [0.1, 0.15) is 6.54 Å². The third-order valence-electron chi connectivity index (χ3n) is 3.73. The van der Waals surface area contributed by atoms with Crippen molar-refractivity contribution in [3.05, 3.63) is 12.7 Å². The summed E-state index contributed by atoms with van der Waals surface area (Å²) in [6.07, 6.45) is 1.93. The molecular weight excluding hydrogens is 338 g/mol. The fraction of sp³-hybridized carbons (Fsp3) is 0.643. The quantitative estimate of drug-likeness (QED) is 0.324. The van der Waals surface area contributed by atoms with E-state index in [0.717, 1.165) is 5.84 Å². The van der Waals surface area contributed by atoms with Crippen LogP contribution in [0.1, 0.15) is 26.2 Å². The van der Waals surface area contributed by atoms with Crippen LogP contribution in [-0.2, 0) is 14.3 Å². The minimum absolute atomic E-state index is 0. The first kappa shape index (κ1) is 29.0. The van der Waals surface area contributed by atoms with Crippen LogP contribution in [0.4, 0.5) is 0 Å². The largest absolute Gasteiger partial charge is 0.870 e. The van der Waals surface area contributed by atoms with E-state index in [1.165, 1.54) is 0 Å². The maximum absolute atomic E-state index is 10.9. The Morgan fingerprint density at radius 3 is 2.42 bits per heavy atom. The van der Waals surface area contributed by atoms with E-state index in [2.05, 4.69) is 11.6 Å². The number of aliphatic carboxylic acids is 2. The number of aliphatic imine (C=N–C) groups is 1. The van der Waals surface area contributed by atoms with Crippen LogP contribution < -0.4 is 0 Å². The third kappa shape index (κ3) is 8.55. The molecular formula is C14H24N2Na2O6. The molecule has 0 amide bonds. The number of ether oxygens (including phenoxy) is 1. The number of carboxylic acids is 2. The molecule has 0 spiro atoms. The number of rotatable bonds is 10. The second kappa shape index (κ2) is 14.4. The summed E-state index contributed by atoms with van der Waals surface area (Å²) in [6.45, 7) is 7.32. The topological polar surface area (TPSA) is 126 Å². The van der Waals surface area contributed by atoms with Crippen molar-refractivity contribution in [3.8, 4) is 0 Å². The molecule has 0 aromatic rings. The Hall–Kier alpha value is 0.230. The van der Waals surface area contributed by atoms with Gasteiger partial charge in [-0.05, 0) is 0 Å². The van der Waals surface area contributed by atoms with Crippen molar-refractivity contribution in [2.24, 2.45) is 4.99 Å². The molecule has 1 aliphatic rings. The molecule has 0 saturated heterocycles. The SMILES string of the molecule is C=CCC1=NCC[N+]1(CCC(=O)O)C(C)OCCC(=O)O.[Na].[Na].[OH-]. The number of quaternary nitrogens is 1. The van der Waals surface area contributed by atoms with E-state index in [1.807, 2.05) is 6.92 Å². The van der Waals surface area contributed by atoms with Crippen molar-refractivity contribution in [2.75, 3.05) is 26.2 Å². The zero-order valence-electron chi connectivity index (χ0n) is 14.8. The normalized spacial score (nSPS) is 19.8. The van der Waals surface area contributed by atoms with E-state index >= 15 is 0 Å². The third-order valence-corrected chi connectivity index (χ3v) is 3.73. The molecule has 0 aromatic heterocycles. The standard InChI is InChI=1S/C14H22N2O5.2Na.H2O/c1-3-4-12-15-7-9-16(12,8-5-13(17)18)11(2)21-10-6-14(19)20;;;/h3,11H,1,4-10H2,2H3,(H-,17,18,19,20);;;1H2. The summed E-state index contributed by atoms with van der Waals surface area (Å²) in [6, 6.07) is 0. The summed E-state index contributed by atoms with van der Waals surface area (Å²) in [5.41, 5.74) is 0. The summed E-state index contributed by atoms with van der Waals surface area (Å²) in [5, 5.41) is 17.6. The van der Waals surface area contributed by atoms with Crippen molar-refractivity contribution >= 4 is 76.9 Å². The van der Waals surface area contributed by atoms with Gasteiger partial charge in [-0.2, -0.15) is 0 Å². The average molecular weight is 362 g/mol. The van der Waals surface area contributed by atoms with Crippen molar-refractivity contribution in [1.82, 2.24) is 0 Å². The van der Waals surface area contributed by atoms with Crippen LogP contribution in [0.25, 0.3) is 0 Å². The van der Waals surface area contributed by atoms with Crippen molar-refractivity contribution in [2.45, 2.75) is 32.4 Å². The van der Waals surface area contributed by atoms with Crippen LogP contribution in [0.3, 0.4) is 0 Å². The molecule has 0 fully saturated rings. The van der Waals surface area contributed by atoms with E-state index in [4.69, 9.17) is 14.9 Å². The van der Waals surface area contributed by atoms with Gasteiger partial charge in [-0.25, -0.2) is 4.99 Å². The number of hydrogen-bond donors (Lipinski definition) is 2. The molecule has 1 aliphatic heterocycles. The van der Waals surface area contributed by atoms with Crippen LogP contribution in [-0.4, -0.2) is 130 Å². The Kier molecular flexibility index (Phi) is 17.4. The Balaban J connectivity index is -0.00000147. The van der Waals surface area contributed by atoms with Gasteiger partial charge in [0.25, 0.3) is 0 Å². The van der Waals surface area contributed by atoms with Gasteiger partial charge in [0.15, 0.2) is 6.23 Å². The van der Waals surface area contributed by atoms with E-state index in [0.29, 0.717) is 30.5 Å². The minimum atomic E-state index is -0.916. The first-order valence-corrected chi connectivity index (χ1v) is 6.99. The predicted molar refractivity (Wildman–Crippen MR) is 90.5 cm³/mol. The molecule has 0 saturated carbocycles. The number of carbonyl (C=O) groups is 2. The summed E-state index contributed by atoms with van der Waals surface area (Å²) >= 11 is 0. The molecule has 2 unspecified atom stereocenters. The molecule has 8 nitrogen and oxygen atoms in total. The maximum Gasteiger partial charge on any atom is 0.309 e. The van der Waals surface area contributed by atoms with Gasteiger partial charge in [-0.3, -0.25) is 14.1 Å². The maximum atomic E-state index is 10.9. The second-order valence-corrected chi connectivity index (χ2v) is 5.03. The van der Waals surface area contributed by atoms with Crippen LogP contribution in [0.2, 0.25) is 0 Å². The molecule has 1 heterocycles. The molecule has 0 bridgehead atoms. The van der Waals surface area contributed by atoms with Gasteiger partial charge >= 0.3 is 11.9 Å². The average Bonchev–Trinajstić information content (AvgIpc) is 2.80. The Morgan fingerprint density at radius 2 is 1.92 bits per heavy atom. The zero-order chi connectivity index (χ0) is 15.9. The van der Waals surface area contributed by atoms with E-state index < -0.39 is 11.9 Å². The predicted octanol–water partition coefficient (Wildman–Crippen LogP) is 0.165. The Morgan fingerprint density at radius 1 is 1.33 bits per heavy atom. The summed E-state index contributed by atoms with van der Waals surface area (Å²) < 4.78 is 5.98. The summed E-state index contributed by atoms with van der Waals surface area (Å²) in [4.78, 5) is 25.9. The molecule has 2 radical (unpaired) electrons. The summed E-state index contributed by atoms with van der Waals surface area (Å²) in [7, 11) is 0. The first-order chi connectivity index (χ1) is 9.92. The zero-order valence-corrected chi connectivity index (χ0v) is 18.8. The number of amidine groups is 1. The van der Waals surface area contributed by atoms with Crippen LogP contribution in [0.5, 0.6) is 0 Å². The number of hydrogen-bond acceptors (Lipinski definition) is 5. The summed E-state index contributed by atoms with van der Waals surface area (Å²) in [5.74, 6) is -0.926. The molecule has 0 aromatic carbocycles. The molecule has 0 aliphatic carbocycles. The molecule has 128 valence electrons. The van der Waals surface area contributed by atoms with Crippen LogP contribution >= 0.6 is 0 Å². The van der Waals surface area contributed by atoms with E-state index in [1.54, 1.807) is 6.08 Å². The molecule has 1 rings (SSSR count). The second-order valence-electron chi connectivity index (χ2n) is 5.03. The van der Waals surface area contributed by atoms with Crippen molar-refractivity contribution < 1.29 is 34.5 Å².